The number of alkyl halides is 1. The van der Waals surface area contributed by atoms with Gasteiger partial charge in [0.05, 0.1) is 6.61 Å². The van der Waals surface area contributed by atoms with Gasteiger partial charge in [0.2, 0.25) is 0 Å². The van der Waals surface area contributed by atoms with Crippen molar-refractivity contribution in [2.45, 2.75) is 6.42 Å². The molecule has 0 saturated heterocycles. The molecular formula is C18H15BrO4. The molecule has 0 atom stereocenters. The van der Waals surface area contributed by atoms with E-state index in [1.54, 1.807) is 6.07 Å². The lowest BCUT2D eigenvalue weighted by Gasteiger charge is -2.08. The zero-order valence-corrected chi connectivity index (χ0v) is 13.9. The van der Waals surface area contributed by atoms with Gasteiger partial charge in [-0.2, -0.15) is 0 Å². The van der Waals surface area contributed by atoms with Gasteiger partial charge in [-0.05, 0) is 6.42 Å². The van der Waals surface area contributed by atoms with Crippen molar-refractivity contribution in [2.24, 2.45) is 0 Å². The molecule has 1 aromatic heterocycles. The highest BCUT2D eigenvalue weighted by atomic mass is 79.9. The van der Waals surface area contributed by atoms with Crippen LogP contribution in [0.3, 0.4) is 0 Å². The van der Waals surface area contributed by atoms with Gasteiger partial charge in [0.25, 0.3) is 0 Å². The lowest BCUT2D eigenvalue weighted by atomic mass is 10.1. The third kappa shape index (κ3) is 3.40. The van der Waals surface area contributed by atoms with Crippen LogP contribution in [-0.2, 0) is 0 Å². The minimum Gasteiger partial charge on any atom is -0.507 e. The second-order valence-electron chi connectivity index (χ2n) is 5.05. The molecule has 0 fully saturated rings. The van der Waals surface area contributed by atoms with Crippen molar-refractivity contribution in [1.29, 1.82) is 0 Å². The molecule has 1 heterocycles. The van der Waals surface area contributed by atoms with E-state index in [4.69, 9.17) is 9.15 Å². The molecule has 5 heteroatoms. The summed E-state index contributed by atoms with van der Waals surface area (Å²) >= 11 is 3.33. The molecule has 4 nitrogen and oxygen atoms in total. The van der Waals surface area contributed by atoms with Crippen LogP contribution in [0.1, 0.15) is 6.42 Å². The highest BCUT2D eigenvalue weighted by Crippen LogP contribution is 2.31. The number of halogens is 1. The lowest BCUT2D eigenvalue weighted by Crippen LogP contribution is -2.02. The fourth-order valence-electron chi connectivity index (χ4n) is 2.32. The Balaban J connectivity index is 2.08. The minimum atomic E-state index is -0.283. The standard InChI is InChI=1S/C18H15BrO4/c19-7-4-8-22-13-9-14(20)18-15(21)11-16(23-17(18)10-13)12-5-2-1-3-6-12/h1-3,5-6,9-11,20H,4,7-8H2. The fourth-order valence-corrected chi connectivity index (χ4v) is 2.54. The number of ether oxygens (including phenoxy) is 1. The van der Waals surface area contributed by atoms with Gasteiger partial charge < -0.3 is 14.3 Å². The molecule has 0 amide bonds. The zero-order chi connectivity index (χ0) is 16.2. The van der Waals surface area contributed by atoms with Crippen LogP contribution < -0.4 is 10.2 Å². The summed E-state index contributed by atoms with van der Waals surface area (Å²) < 4.78 is 11.4. The van der Waals surface area contributed by atoms with Crippen LogP contribution in [0.4, 0.5) is 0 Å². The van der Waals surface area contributed by atoms with Crippen molar-refractivity contribution in [3.8, 4) is 22.8 Å². The molecule has 118 valence electrons. The van der Waals surface area contributed by atoms with Crippen LogP contribution in [0.5, 0.6) is 11.5 Å². The molecule has 23 heavy (non-hydrogen) atoms. The van der Waals surface area contributed by atoms with Gasteiger partial charge in [-0.1, -0.05) is 46.3 Å². The van der Waals surface area contributed by atoms with Crippen LogP contribution in [0.2, 0.25) is 0 Å². The summed E-state index contributed by atoms with van der Waals surface area (Å²) in [7, 11) is 0. The van der Waals surface area contributed by atoms with Crippen LogP contribution >= 0.6 is 15.9 Å². The first kappa shape index (κ1) is 15.6. The number of hydrogen-bond donors (Lipinski definition) is 1. The van der Waals surface area contributed by atoms with Crippen LogP contribution in [0, 0.1) is 0 Å². The predicted molar refractivity (Wildman–Crippen MR) is 93.5 cm³/mol. The second kappa shape index (κ2) is 6.87. The van der Waals surface area contributed by atoms with E-state index in [0.29, 0.717) is 23.7 Å². The molecule has 3 aromatic rings. The van der Waals surface area contributed by atoms with Gasteiger partial charge in [-0.3, -0.25) is 4.79 Å². The fraction of sp³-hybridized carbons (Fsp3) is 0.167. The van der Waals surface area contributed by atoms with E-state index in [9.17, 15) is 9.90 Å². The molecule has 2 aromatic carbocycles. The highest BCUT2D eigenvalue weighted by Gasteiger charge is 2.12. The van der Waals surface area contributed by atoms with E-state index in [2.05, 4.69) is 15.9 Å². The van der Waals surface area contributed by atoms with Crippen LogP contribution in [0.25, 0.3) is 22.3 Å². The average molecular weight is 375 g/mol. The summed E-state index contributed by atoms with van der Waals surface area (Å²) in [4.78, 5) is 12.3. The van der Waals surface area contributed by atoms with Gasteiger partial charge in [-0.25, -0.2) is 0 Å². The van der Waals surface area contributed by atoms with Gasteiger partial charge >= 0.3 is 0 Å². The number of aromatic hydroxyl groups is 1. The first-order valence-corrected chi connectivity index (χ1v) is 8.36. The summed E-state index contributed by atoms with van der Waals surface area (Å²) in [5, 5.41) is 11.1. The Labute approximate surface area is 141 Å². The molecule has 0 aliphatic rings. The van der Waals surface area contributed by atoms with Gasteiger partial charge in [-0.15, -0.1) is 0 Å². The summed E-state index contributed by atoms with van der Waals surface area (Å²) in [6, 6.07) is 13.8. The van der Waals surface area contributed by atoms with E-state index in [0.717, 1.165) is 17.3 Å². The number of hydrogen-bond acceptors (Lipinski definition) is 4. The molecule has 0 radical (unpaired) electrons. The Bertz CT molecular complexity index is 871. The first-order chi connectivity index (χ1) is 11.2. The van der Waals surface area contributed by atoms with E-state index < -0.39 is 0 Å². The summed E-state index contributed by atoms with van der Waals surface area (Å²) in [6.45, 7) is 0.513. The molecular weight excluding hydrogens is 360 g/mol. The Morgan fingerprint density at radius 2 is 1.91 bits per heavy atom. The molecule has 3 rings (SSSR count). The highest BCUT2D eigenvalue weighted by molar-refractivity contribution is 9.09. The van der Waals surface area contributed by atoms with Crippen molar-refractivity contribution >= 4 is 26.9 Å². The molecule has 0 bridgehead atoms. The molecule has 0 spiro atoms. The Kier molecular flexibility index (Phi) is 4.67. The Morgan fingerprint density at radius 1 is 1.13 bits per heavy atom. The average Bonchev–Trinajstić information content (AvgIpc) is 2.55. The van der Waals surface area contributed by atoms with Crippen molar-refractivity contribution in [1.82, 2.24) is 0 Å². The zero-order valence-electron chi connectivity index (χ0n) is 12.3. The number of phenolic OH excluding ortho intramolecular Hbond substituents is 1. The lowest BCUT2D eigenvalue weighted by molar-refractivity contribution is 0.317. The normalized spacial score (nSPS) is 10.8. The topological polar surface area (TPSA) is 59.7 Å². The summed E-state index contributed by atoms with van der Waals surface area (Å²) in [5.74, 6) is 0.800. The third-order valence-corrected chi connectivity index (χ3v) is 3.95. The Hall–Kier alpha value is -2.27. The van der Waals surface area contributed by atoms with Gasteiger partial charge in [0.1, 0.15) is 28.2 Å². The van der Waals surface area contributed by atoms with Crippen molar-refractivity contribution in [2.75, 3.05) is 11.9 Å². The van der Waals surface area contributed by atoms with Crippen LogP contribution in [0.15, 0.2) is 57.7 Å². The van der Waals surface area contributed by atoms with Crippen LogP contribution in [-0.4, -0.2) is 17.0 Å². The minimum absolute atomic E-state index is 0.135. The van der Waals surface area contributed by atoms with E-state index in [1.807, 2.05) is 30.3 Å². The smallest absolute Gasteiger partial charge is 0.197 e. The molecule has 0 aliphatic heterocycles. The van der Waals surface area contributed by atoms with Crippen molar-refractivity contribution in [3.05, 3.63) is 58.8 Å². The van der Waals surface area contributed by atoms with Gasteiger partial charge in [0, 0.05) is 29.1 Å². The SMILES string of the molecule is O=c1cc(-c2ccccc2)oc2cc(OCCCBr)cc(O)c12. The maximum Gasteiger partial charge on any atom is 0.197 e. The van der Waals surface area contributed by atoms with E-state index in [1.165, 1.54) is 12.1 Å². The maximum atomic E-state index is 12.3. The van der Waals surface area contributed by atoms with Crippen molar-refractivity contribution in [3.63, 3.8) is 0 Å². The molecule has 1 N–H and O–H groups in total. The number of fused-ring (bicyclic) bond motifs is 1. The second-order valence-corrected chi connectivity index (χ2v) is 5.84. The molecule has 0 unspecified atom stereocenters. The van der Waals surface area contributed by atoms with E-state index in [-0.39, 0.29) is 16.6 Å². The number of phenols is 1. The molecule has 0 saturated carbocycles. The van der Waals surface area contributed by atoms with Gasteiger partial charge in [0.15, 0.2) is 5.43 Å². The largest absolute Gasteiger partial charge is 0.507 e. The first-order valence-electron chi connectivity index (χ1n) is 7.24. The maximum absolute atomic E-state index is 12.3. The number of rotatable bonds is 5. The monoisotopic (exact) mass is 374 g/mol. The third-order valence-electron chi connectivity index (χ3n) is 3.39. The summed E-state index contributed by atoms with van der Waals surface area (Å²) in [6.07, 6.45) is 0.840. The Morgan fingerprint density at radius 3 is 2.65 bits per heavy atom. The molecule has 0 aliphatic carbocycles. The summed E-state index contributed by atoms with van der Waals surface area (Å²) in [5.41, 5.74) is 0.830. The van der Waals surface area contributed by atoms with E-state index >= 15 is 0 Å². The quantitative estimate of drug-likeness (QED) is 0.533. The predicted octanol–water partition coefficient (Wildman–Crippen LogP) is 4.33. The number of benzene rings is 2. The van der Waals surface area contributed by atoms with Crippen molar-refractivity contribution < 1.29 is 14.3 Å².